The summed E-state index contributed by atoms with van der Waals surface area (Å²) in [4.78, 5) is 44.2. The predicted molar refractivity (Wildman–Crippen MR) is 143 cm³/mol. The Kier molecular flexibility index (Phi) is 7.04. The fraction of sp³-hybridized carbons (Fsp3) is 0.286. The van der Waals surface area contributed by atoms with Crippen LogP contribution in [0.4, 0.5) is 11.4 Å². The third-order valence-corrected chi connectivity index (χ3v) is 7.83. The van der Waals surface area contributed by atoms with E-state index in [4.69, 9.17) is 10.1 Å². The molecule has 3 aromatic rings. The van der Waals surface area contributed by atoms with E-state index in [1.807, 2.05) is 47.4 Å². The first kappa shape index (κ1) is 24.1. The molecule has 0 radical (unpaired) electrons. The zero-order chi connectivity index (χ0) is 25.1. The number of carboxylic acid groups (broad SMARTS) is 1. The molecular weight excluding hydrogens is 474 g/mol. The molecule has 36 heavy (non-hydrogen) atoms. The second-order valence-electron chi connectivity index (χ2n) is 9.13. The van der Waals surface area contributed by atoms with Gasteiger partial charge in [0.2, 0.25) is 11.8 Å². The van der Waals surface area contributed by atoms with Crippen LogP contribution < -0.4 is 5.32 Å². The monoisotopic (exact) mass is 501 g/mol. The van der Waals surface area contributed by atoms with Crippen LogP contribution in [0.5, 0.6) is 0 Å². The standard InChI is InChI=1S/C28H27N3O4S/c32-25(29-20-15-13-19(14-16-20)27(34)35)17-24-26(33)31(21-9-2-1-3-10-21)28(36-24)30-23-12-6-8-18-7-4-5-11-22(18)23/h4-8,11-16,21,24H,1-3,9-10,17H2,(H,29,32)(H,34,35)/t24-/m1/s1. The SMILES string of the molecule is O=C(C[C@H]1SC(=Nc2cccc3ccccc23)N(C2CCCCC2)C1=O)Nc1ccc(C(=O)O)cc1. The van der Waals surface area contributed by atoms with Gasteiger partial charge in [-0.3, -0.25) is 14.5 Å². The van der Waals surface area contributed by atoms with Crippen molar-refractivity contribution < 1.29 is 19.5 Å². The zero-order valence-corrected chi connectivity index (χ0v) is 20.5. The number of amides is 2. The number of nitrogens with zero attached hydrogens (tertiary/aromatic N) is 2. The minimum Gasteiger partial charge on any atom is -0.478 e. The van der Waals surface area contributed by atoms with E-state index < -0.39 is 11.2 Å². The molecule has 0 bridgehead atoms. The third kappa shape index (κ3) is 5.14. The van der Waals surface area contributed by atoms with Gasteiger partial charge in [-0.05, 0) is 48.6 Å². The number of anilines is 1. The Morgan fingerprint density at radius 1 is 0.972 bits per heavy atom. The van der Waals surface area contributed by atoms with Gasteiger partial charge >= 0.3 is 5.97 Å². The second-order valence-corrected chi connectivity index (χ2v) is 10.3. The van der Waals surface area contributed by atoms with E-state index in [2.05, 4.69) is 5.32 Å². The average Bonchev–Trinajstić information content (AvgIpc) is 3.19. The number of hydrogen-bond donors (Lipinski definition) is 2. The van der Waals surface area contributed by atoms with Gasteiger partial charge in [0, 0.05) is 23.5 Å². The van der Waals surface area contributed by atoms with Gasteiger partial charge in [-0.1, -0.05) is 67.4 Å². The van der Waals surface area contributed by atoms with Gasteiger partial charge in [0.25, 0.3) is 0 Å². The lowest BCUT2D eigenvalue weighted by Crippen LogP contribution is -2.42. The maximum atomic E-state index is 13.6. The highest BCUT2D eigenvalue weighted by molar-refractivity contribution is 8.15. The quantitative estimate of drug-likeness (QED) is 0.443. The van der Waals surface area contributed by atoms with E-state index in [1.54, 1.807) is 12.1 Å². The van der Waals surface area contributed by atoms with Crippen LogP contribution in [-0.4, -0.2) is 44.2 Å². The number of carboxylic acids is 1. The molecule has 1 heterocycles. The number of hydrogen-bond acceptors (Lipinski definition) is 5. The van der Waals surface area contributed by atoms with Crippen LogP contribution in [0.15, 0.2) is 71.7 Å². The summed E-state index contributed by atoms with van der Waals surface area (Å²) in [5.74, 6) is -1.39. The molecule has 2 fully saturated rings. The van der Waals surface area contributed by atoms with Crippen molar-refractivity contribution >= 4 is 56.9 Å². The first-order chi connectivity index (χ1) is 17.5. The van der Waals surface area contributed by atoms with E-state index in [-0.39, 0.29) is 29.8 Å². The van der Waals surface area contributed by atoms with Gasteiger partial charge in [-0.2, -0.15) is 0 Å². The van der Waals surface area contributed by atoms with Gasteiger partial charge in [0.15, 0.2) is 5.17 Å². The number of benzene rings is 3. The van der Waals surface area contributed by atoms with Crippen molar-refractivity contribution in [3.05, 3.63) is 72.3 Å². The summed E-state index contributed by atoms with van der Waals surface area (Å²) in [6.07, 6.45) is 5.23. The summed E-state index contributed by atoms with van der Waals surface area (Å²) in [5.41, 5.74) is 1.45. The van der Waals surface area contributed by atoms with Crippen LogP contribution >= 0.6 is 11.8 Å². The third-order valence-electron chi connectivity index (χ3n) is 6.68. The average molecular weight is 502 g/mol. The molecule has 3 aromatic carbocycles. The zero-order valence-electron chi connectivity index (χ0n) is 19.7. The van der Waals surface area contributed by atoms with Crippen molar-refractivity contribution in [3.63, 3.8) is 0 Å². The molecular formula is C28H27N3O4S. The van der Waals surface area contributed by atoms with E-state index >= 15 is 0 Å². The molecule has 1 saturated carbocycles. The summed E-state index contributed by atoms with van der Waals surface area (Å²) in [6.45, 7) is 0. The molecule has 0 unspecified atom stereocenters. The summed E-state index contributed by atoms with van der Waals surface area (Å²) < 4.78 is 0. The number of amidine groups is 1. The number of fused-ring (bicyclic) bond motifs is 1. The molecule has 0 spiro atoms. The van der Waals surface area contributed by atoms with E-state index in [1.165, 1.54) is 30.3 Å². The lowest BCUT2D eigenvalue weighted by molar-refractivity contribution is -0.130. The predicted octanol–water partition coefficient (Wildman–Crippen LogP) is 5.83. The molecule has 1 saturated heterocycles. The molecule has 2 N–H and O–H groups in total. The van der Waals surface area contributed by atoms with Crippen molar-refractivity contribution in [1.82, 2.24) is 4.90 Å². The van der Waals surface area contributed by atoms with Crippen molar-refractivity contribution in [1.29, 1.82) is 0 Å². The maximum Gasteiger partial charge on any atom is 0.335 e. The summed E-state index contributed by atoms with van der Waals surface area (Å²) in [6, 6.07) is 20.1. The van der Waals surface area contributed by atoms with Crippen LogP contribution in [0.25, 0.3) is 10.8 Å². The normalized spacial score (nSPS) is 19.7. The smallest absolute Gasteiger partial charge is 0.335 e. The molecule has 1 aliphatic carbocycles. The van der Waals surface area contributed by atoms with Crippen LogP contribution in [0.3, 0.4) is 0 Å². The molecule has 7 nitrogen and oxygen atoms in total. The molecule has 1 aliphatic heterocycles. The number of aliphatic imine (C=N–C) groups is 1. The van der Waals surface area contributed by atoms with E-state index in [0.717, 1.165) is 42.1 Å². The molecule has 0 aromatic heterocycles. The molecule has 1 atom stereocenters. The fourth-order valence-electron chi connectivity index (χ4n) is 4.85. The fourth-order valence-corrected chi connectivity index (χ4v) is 6.06. The minimum absolute atomic E-state index is 0.0158. The number of carbonyl (C=O) groups is 3. The highest BCUT2D eigenvalue weighted by Crippen LogP contribution is 2.38. The van der Waals surface area contributed by atoms with Crippen LogP contribution in [0.1, 0.15) is 48.9 Å². The van der Waals surface area contributed by atoms with Gasteiger partial charge in [0.1, 0.15) is 5.25 Å². The first-order valence-corrected chi connectivity index (χ1v) is 13.1. The number of aromatic carboxylic acids is 1. The molecule has 8 heteroatoms. The Labute approximate surface area is 213 Å². The first-order valence-electron chi connectivity index (χ1n) is 12.2. The van der Waals surface area contributed by atoms with Gasteiger partial charge in [0.05, 0.1) is 11.3 Å². The topological polar surface area (TPSA) is 99.1 Å². The van der Waals surface area contributed by atoms with Crippen molar-refractivity contribution in [2.45, 2.75) is 49.8 Å². The van der Waals surface area contributed by atoms with E-state index in [0.29, 0.717) is 10.9 Å². The Balaban J connectivity index is 1.38. The minimum atomic E-state index is -1.03. The van der Waals surface area contributed by atoms with Gasteiger partial charge in [-0.15, -0.1) is 0 Å². The second kappa shape index (κ2) is 10.5. The van der Waals surface area contributed by atoms with Crippen molar-refractivity contribution in [2.75, 3.05) is 5.32 Å². The summed E-state index contributed by atoms with van der Waals surface area (Å²) >= 11 is 1.36. The lowest BCUT2D eigenvalue weighted by Gasteiger charge is -2.30. The van der Waals surface area contributed by atoms with Crippen LogP contribution in [0, 0.1) is 0 Å². The van der Waals surface area contributed by atoms with E-state index in [9.17, 15) is 14.4 Å². The van der Waals surface area contributed by atoms with Crippen molar-refractivity contribution in [2.24, 2.45) is 4.99 Å². The Morgan fingerprint density at radius 2 is 1.69 bits per heavy atom. The highest BCUT2D eigenvalue weighted by Gasteiger charge is 2.43. The lowest BCUT2D eigenvalue weighted by atomic mass is 9.94. The number of thioether (sulfide) groups is 1. The van der Waals surface area contributed by atoms with Crippen LogP contribution in [-0.2, 0) is 9.59 Å². The molecule has 5 rings (SSSR count). The largest absolute Gasteiger partial charge is 0.478 e. The van der Waals surface area contributed by atoms with Crippen molar-refractivity contribution in [3.8, 4) is 0 Å². The Bertz CT molecular complexity index is 1330. The molecule has 2 aliphatic rings. The maximum absolute atomic E-state index is 13.6. The Hall–Kier alpha value is -3.65. The molecule has 184 valence electrons. The number of rotatable bonds is 6. The molecule has 2 amide bonds. The van der Waals surface area contributed by atoms with Gasteiger partial charge < -0.3 is 10.4 Å². The van der Waals surface area contributed by atoms with Crippen LogP contribution in [0.2, 0.25) is 0 Å². The number of carbonyl (C=O) groups excluding carboxylic acids is 2. The summed E-state index contributed by atoms with van der Waals surface area (Å²) in [5, 5.41) is 14.0. The highest BCUT2D eigenvalue weighted by atomic mass is 32.2. The Morgan fingerprint density at radius 3 is 2.44 bits per heavy atom. The summed E-state index contributed by atoms with van der Waals surface area (Å²) in [7, 11) is 0. The van der Waals surface area contributed by atoms with Gasteiger partial charge in [-0.25, -0.2) is 9.79 Å². The number of nitrogens with one attached hydrogen (secondary N) is 1.